The first-order valence-electron chi connectivity index (χ1n) is 7.66. The van der Waals surface area contributed by atoms with E-state index in [0.717, 1.165) is 23.7 Å². The lowest BCUT2D eigenvalue weighted by Crippen LogP contribution is -2.26. The maximum Gasteiger partial charge on any atom is 0.280 e. The van der Waals surface area contributed by atoms with Crippen LogP contribution < -0.4 is 11.3 Å². The molecule has 0 amide bonds. The monoisotopic (exact) mass is 451 g/mol. The summed E-state index contributed by atoms with van der Waals surface area (Å²) in [6.45, 7) is 0. The van der Waals surface area contributed by atoms with Gasteiger partial charge in [-0.2, -0.15) is 4.98 Å². The quantitative estimate of drug-likeness (QED) is 0.575. The van der Waals surface area contributed by atoms with Crippen molar-refractivity contribution in [2.75, 3.05) is 5.73 Å². The minimum Gasteiger partial charge on any atom is -0.369 e. The Labute approximate surface area is 155 Å². The van der Waals surface area contributed by atoms with Crippen molar-refractivity contribution in [3.63, 3.8) is 0 Å². The molecular weight excluding hydrogens is 438 g/mol. The van der Waals surface area contributed by atoms with Gasteiger partial charge < -0.3 is 10.3 Å². The second-order valence-corrected chi connectivity index (χ2v) is 7.54. The molecule has 2 N–H and O–H groups in total. The molecule has 0 saturated heterocycles. The largest absolute Gasteiger partial charge is 0.369 e. The van der Waals surface area contributed by atoms with Gasteiger partial charge in [-0.05, 0) is 52.4 Å². The normalized spacial score (nSPS) is 17.2. The van der Waals surface area contributed by atoms with Gasteiger partial charge in [0.25, 0.3) is 5.56 Å². The van der Waals surface area contributed by atoms with Crippen LogP contribution in [0, 0.1) is 0 Å². The van der Waals surface area contributed by atoms with E-state index in [1.54, 1.807) is 7.05 Å². The molecule has 0 spiro atoms. The van der Waals surface area contributed by atoms with Crippen molar-refractivity contribution in [1.82, 2.24) is 19.1 Å². The minimum absolute atomic E-state index is 0.0295. The van der Waals surface area contributed by atoms with E-state index in [1.807, 2.05) is 16.7 Å². The Bertz CT molecular complexity index is 1020. The third kappa shape index (κ3) is 2.23. The molecule has 0 fully saturated rings. The van der Waals surface area contributed by atoms with E-state index in [0.29, 0.717) is 15.9 Å². The average Bonchev–Trinajstić information content (AvgIpc) is 2.88. The summed E-state index contributed by atoms with van der Waals surface area (Å²) in [4.78, 5) is 21.4. The summed E-state index contributed by atoms with van der Waals surface area (Å²) in [7, 11) is 1.63. The summed E-state index contributed by atoms with van der Waals surface area (Å²) in [5, 5.41) is 0. The fraction of sp³-hybridized carbons (Fsp3) is 0.312. The molecule has 3 aromatic rings. The molecule has 0 aliphatic heterocycles. The maximum absolute atomic E-state index is 12.8. The number of aromatic nitrogens is 4. The summed E-state index contributed by atoms with van der Waals surface area (Å²) in [5.74, 6) is 0.162. The van der Waals surface area contributed by atoms with Gasteiger partial charge in [-0.1, -0.05) is 28.1 Å². The molecular formula is C16H15Br2N5O. The van der Waals surface area contributed by atoms with E-state index in [2.05, 4.69) is 47.9 Å². The summed E-state index contributed by atoms with van der Waals surface area (Å²) < 4.78 is 4.96. The number of nitrogen functional groups attached to an aromatic ring is 1. The zero-order valence-electron chi connectivity index (χ0n) is 13.0. The number of halogens is 2. The average molecular weight is 453 g/mol. The lowest BCUT2D eigenvalue weighted by Gasteiger charge is -2.28. The Morgan fingerprint density at radius 3 is 2.88 bits per heavy atom. The minimum atomic E-state index is -0.185. The van der Waals surface area contributed by atoms with Crippen LogP contribution in [0.5, 0.6) is 0 Å². The molecule has 0 radical (unpaired) electrons. The Balaban J connectivity index is 2.05. The number of fused-ring (bicyclic) bond motifs is 2. The summed E-state index contributed by atoms with van der Waals surface area (Å²) in [5.41, 5.74) is 8.99. The number of hydrogen-bond acceptors (Lipinski definition) is 4. The molecule has 4 rings (SSSR count). The summed E-state index contributed by atoms with van der Waals surface area (Å²) in [6.07, 6.45) is 3.04. The highest BCUT2D eigenvalue weighted by atomic mass is 79.9. The maximum atomic E-state index is 12.8. The Kier molecular flexibility index (Phi) is 3.76. The van der Waals surface area contributed by atoms with Gasteiger partial charge >= 0.3 is 0 Å². The van der Waals surface area contributed by atoms with Crippen LogP contribution in [-0.2, 0) is 13.5 Å². The van der Waals surface area contributed by atoms with Gasteiger partial charge in [0.05, 0.1) is 6.04 Å². The molecule has 1 unspecified atom stereocenters. The van der Waals surface area contributed by atoms with Crippen molar-refractivity contribution in [2.24, 2.45) is 7.05 Å². The van der Waals surface area contributed by atoms with Crippen LogP contribution in [0.4, 0.5) is 5.95 Å². The van der Waals surface area contributed by atoms with Gasteiger partial charge in [-0.3, -0.25) is 9.36 Å². The highest BCUT2D eigenvalue weighted by Crippen LogP contribution is 2.40. The van der Waals surface area contributed by atoms with E-state index < -0.39 is 0 Å². The SMILES string of the molecule is Cn1c(N)nc2nc(Br)n(C3CCCc4cccc(Br)c43)c2c1=O. The number of benzene rings is 1. The molecule has 1 aliphatic rings. The third-order valence-corrected chi connectivity index (χ3v) is 5.88. The van der Waals surface area contributed by atoms with Crippen LogP contribution in [0.1, 0.15) is 30.0 Å². The number of aryl methyl sites for hydroxylation is 1. The zero-order valence-corrected chi connectivity index (χ0v) is 16.1. The highest BCUT2D eigenvalue weighted by molar-refractivity contribution is 9.10. The van der Waals surface area contributed by atoms with E-state index >= 15 is 0 Å². The Morgan fingerprint density at radius 2 is 2.08 bits per heavy atom. The number of nitrogens with zero attached hydrogens (tertiary/aromatic N) is 4. The lowest BCUT2D eigenvalue weighted by molar-refractivity contribution is 0.489. The van der Waals surface area contributed by atoms with Gasteiger partial charge in [0, 0.05) is 11.5 Å². The molecule has 24 heavy (non-hydrogen) atoms. The van der Waals surface area contributed by atoms with Crippen LogP contribution in [0.2, 0.25) is 0 Å². The molecule has 0 saturated carbocycles. The molecule has 1 aromatic carbocycles. The van der Waals surface area contributed by atoms with Gasteiger partial charge in [-0.15, -0.1) is 0 Å². The van der Waals surface area contributed by atoms with Crippen molar-refractivity contribution in [3.8, 4) is 0 Å². The lowest BCUT2D eigenvalue weighted by atomic mass is 9.87. The second-order valence-electron chi connectivity index (χ2n) is 5.98. The number of anilines is 1. The van der Waals surface area contributed by atoms with Crippen LogP contribution in [0.25, 0.3) is 11.2 Å². The van der Waals surface area contributed by atoms with Gasteiger partial charge in [0.15, 0.2) is 15.9 Å². The molecule has 1 aliphatic carbocycles. The first kappa shape index (κ1) is 15.8. The standard InChI is InChI=1S/C16H15Br2N5O/c1-22-14(24)12-13(21-16(22)19)20-15(18)23(12)10-7-3-5-8-4-2-6-9(17)11(8)10/h2,4,6,10H,3,5,7H2,1H3,(H2,19,21). The number of rotatable bonds is 1. The van der Waals surface area contributed by atoms with Gasteiger partial charge in [0.1, 0.15) is 0 Å². The summed E-state index contributed by atoms with van der Waals surface area (Å²) in [6, 6.07) is 6.27. The molecule has 8 heteroatoms. The zero-order chi connectivity index (χ0) is 17.0. The number of imidazole rings is 1. The number of nitrogens with two attached hydrogens (primary N) is 1. The smallest absolute Gasteiger partial charge is 0.280 e. The fourth-order valence-electron chi connectivity index (χ4n) is 3.46. The molecule has 1 atom stereocenters. The topological polar surface area (TPSA) is 78.7 Å². The van der Waals surface area contributed by atoms with E-state index in [1.165, 1.54) is 15.7 Å². The van der Waals surface area contributed by atoms with Crippen molar-refractivity contribution >= 4 is 49.0 Å². The van der Waals surface area contributed by atoms with E-state index in [-0.39, 0.29) is 17.5 Å². The molecule has 0 bridgehead atoms. The Morgan fingerprint density at radius 1 is 1.29 bits per heavy atom. The Hall–Kier alpha value is -1.67. The van der Waals surface area contributed by atoms with E-state index in [4.69, 9.17) is 5.73 Å². The van der Waals surface area contributed by atoms with Crippen LogP contribution in [0.15, 0.2) is 32.2 Å². The van der Waals surface area contributed by atoms with Crippen LogP contribution >= 0.6 is 31.9 Å². The van der Waals surface area contributed by atoms with Crippen molar-refractivity contribution in [3.05, 3.63) is 48.9 Å². The first-order chi connectivity index (χ1) is 11.5. The molecule has 124 valence electrons. The predicted molar refractivity (Wildman–Crippen MR) is 100 cm³/mol. The van der Waals surface area contributed by atoms with Crippen LogP contribution in [0.3, 0.4) is 0 Å². The highest BCUT2D eigenvalue weighted by Gasteiger charge is 2.29. The van der Waals surface area contributed by atoms with Crippen LogP contribution in [-0.4, -0.2) is 19.1 Å². The first-order valence-corrected chi connectivity index (χ1v) is 9.25. The van der Waals surface area contributed by atoms with E-state index in [9.17, 15) is 4.79 Å². The number of hydrogen-bond donors (Lipinski definition) is 1. The van der Waals surface area contributed by atoms with Crippen molar-refractivity contribution in [1.29, 1.82) is 0 Å². The fourth-order valence-corrected chi connectivity index (χ4v) is 4.73. The van der Waals surface area contributed by atoms with Gasteiger partial charge in [-0.25, -0.2) is 4.98 Å². The summed E-state index contributed by atoms with van der Waals surface area (Å²) >= 11 is 7.19. The second kappa shape index (κ2) is 5.70. The third-order valence-electron chi connectivity index (χ3n) is 4.63. The molecule has 2 heterocycles. The predicted octanol–water partition coefficient (Wildman–Crippen LogP) is 3.16. The van der Waals surface area contributed by atoms with Gasteiger partial charge in [0.2, 0.25) is 5.95 Å². The van der Waals surface area contributed by atoms with Crippen molar-refractivity contribution in [2.45, 2.75) is 25.3 Å². The van der Waals surface area contributed by atoms with Crippen molar-refractivity contribution < 1.29 is 0 Å². The molecule has 2 aromatic heterocycles. The molecule has 6 nitrogen and oxygen atoms in total.